The Morgan fingerprint density at radius 1 is 1.33 bits per heavy atom. The molecule has 0 saturated carbocycles. The van der Waals surface area contributed by atoms with Gasteiger partial charge in [-0.15, -0.1) is 0 Å². The standard InChI is InChI=1S/C12H15ClN4O/c1-9-11(13)8-17(15-9)6-2-5-16-7-10(14)3-4-12(16)18/h3-4,7-8H,2,5-6,14H2,1H3. The van der Waals surface area contributed by atoms with Gasteiger partial charge in [-0.25, -0.2) is 0 Å². The maximum Gasteiger partial charge on any atom is 0.250 e. The van der Waals surface area contributed by atoms with Crippen molar-refractivity contribution in [2.75, 3.05) is 5.73 Å². The SMILES string of the molecule is Cc1nn(CCCn2cc(N)ccc2=O)cc1Cl. The van der Waals surface area contributed by atoms with Crippen LogP contribution in [-0.4, -0.2) is 14.3 Å². The number of halogens is 1. The number of nitrogens with two attached hydrogens (primary N) is 1. The Kier molecular flexibility index (Phi) is 3.72. The zero-order valence-electron chi connectivity index (χ0n) is 10.1. The summed E-state index contributed by atoms with van der Waals surface area (Å²) >= 11 is 5.92. The monoisotopic (exact) mass is 266 g/mol. The third-order valence-corrected chi connectivity index (χ3v) is 3.05. The van der Waals surface area contributed by atoms with Crippen molar-refractivity contribution in [3.8, 4) is 0 Å². The molecule has 18 heavy (non-hydrogen) atoms. The van der Waals surface area contributed by atoms with Crippen LogP contribution in [0, 0.1) is 6.92 Å². The summed E-state index contributed by atoms with van der Waals surface area (Å²) in [6.45, 7) is 3.19. The Hall–Kier alpha value is -1.75. The number of aryl methyl sites for hydroxylation is 3. The van der Waals surface area contributed by atoms with Crippen molar-refractivity contribution in [1.82, 2.24) is 14.3 Å². The molecule has 0 bridgehead atoms. The Morgan fingerprint density at radius 3 is 2.78 bits per heavy atom. The quantitative estimate of drug-likeness (QED) is 0.916. The Balaban J connectivity index is 1.96. The van der Waals surface area contributed by atoms with Crippen LogP contribution < -0.4 is 11.3 Å². The number of nitrogens with zero attached hydrogens (tertiary/aromatic N) is 3. The van der Waals surface area contributed by atoms with E-state index in [0.717, 1.165) is 18.7 Å². The Morgan fingerprint density at radius 2 is 2.11 bits per heavy atom. The van der Waals surface area contributed by atoms with Crippen molar-refractivity contribution in [3.63, 3.8) is 0 Å². The van der Waals surface area contributed by atoms with Crippen molar-refractivity contribution < 1.29 is 0 Å². The summed E-state index contributed by atoms with van der Waals surface area (Å²) < 4.78 is 3.39. The number of anilines is 1. The fraction of sp³-hybridized carbons (Fsp3) is 0.333. The molecule has 2 N–H and O–H groups in total. The van der Waals surface area contributed by atoms with Crippen LogP contribution in [0.5, 0.6) is 0 Å². The Labute approximate surface area is 110 Å². The van der Waals surface area contributed by atoms with Gasteiger partial charge in [0, 0.05) is 37.2 Å². The molecule has 2 aromatic rings. The van der Waals surface area contributed by atoms with Gasteiger partial charge >= 0.3 is 0 Å². The van der Waals surface area contributed by atoms with Crippen LogP contribution in [0.25, 0.3) is 0 Å². The van der Waals surface area contributed by atoms with E-state index in [1.54, 1.807) is 27.7 Å². The molecule has 0 radical (unpaired) electrons. The van der Waals surface area contributed by atoms with E-state index in [0.29, 0.717) is 17.3 Å². The molecule has 0 amide bonds. The minimum atomic E-state index is -0.0427. The minimum absolute atomic E-state index is 0.0427. The zero-order valence-corrected chi connectivity index (χ0v) is 10.9. The number of nitrogen functional groups attached to an aromatic ring is 1. The highest BCUT2D eigenvalue weighted by atomic mass is 35.5. The molecule has 2 rings (SSSR count). The molecule has 0 unspecified atom stereocenters. The molecule has 0 atom stereocenters. The van der Waals surface area contributed by atoms with Crippen LogP contribution in [0.15, 0.2) is 29.3 Å². The molecule has 0 aromatic carbocycles. The summed E-state index contributed by atoms with van der Waals surface area (Å²) in [6.07, 6.45) is 4.24. The fourth-order valence-electron chi connectivity index (χ4n) is 1.74. The fourth-order valence-corrected chi connectivity index (χ4v) is 1.89. The third kappa shape index (κ3) is 2.92. The lowest BCUT2D eigenvalue weighted by atomic mass is 10.3. The second-order valence-corrected chi connectivity index (χ2v) is 4.58. The number of aromatic nitrogens is 3. The van der Waals surface area contributed by atoms with Crippen molar-refractivity contribution in [2.24, 2.45) is 0 Å². The van der Waals surface area contributed by atoms with E-state index in [2.05, 4.69) is 5.10 Å². The lowest BCUT2D eigenvalue weighted by molar-refractivity contribution is 0.518. The van der Waals surface area contributed by atoms with Gasteiger partial charge in [-0.05, 0) is 19.4 Å². The smallest absolute Gasteiger partial charge is 0.250 e. The maximum absolute atomic E-state index is 11.5. The average Bonchev–Trinajstić information content (AvgIpc) is 2.63. The predicted octanol–water partition coefficient (Wildman–Crippen LogP) is 1.68. The highest BCUT2D eigenvalue weighted by Gasteiger charge is 2.02. The first kappa shape index (κ1) is 12.7. The number of pyridine rings is 1. The first-order chi connectivity index (χ1) is 8.56. The Bertz CT molecular complexity index is 583. The highest BCUT2D eigenvalue weighted by Crippen LogP contribution is 2.12. The lowest BCUT2D eigenvalue weighted by Crippen LogP contribution is -2.19. The molecule has 0 fully saturated rings. The van der Waals surface area contributed by atoms with Crippen LogP contribution in [0.4, 0.5) is 5.69 Å². The van der Waals surface area contributed by atoms with Crippen LogP contribution >= 0.6 is 11.6 Å². The molecule has 0 aliphatic heterocycles. The van der Waals surface area contributed by atoms with E-state index >= 15 is 0 Å². The van der Waals surface area contributed by atoms with Gasteiger partial charge in [0.2, 0.25) is 0 Å². The number of hydrogen-bond acceptors (Lipinski definition) is 3. The van der Waals surface area contributed by atoms with E-state index < -0.39 is 0 Å². The molecule has 96 valence electrons. The van der Waals surface area contributed by atoms with E-state index in [-0.39, 0.29) is 5.56 Å². The van der Waals surface area contributed by atoms with Crippen LogP contribution in [0.3, 0.4) is 0 Å². The normalized spacial score (nSPS) is 10.8. The van der Waals surface area contributed by atoms with Gasteiger partial charge in [0.15, 0.2) is 0 Å². The molecule has 0 aliphatic rings. The molecule has 0 aliphatic carbocycles. The van der Waals surface area contributed by atoms with Crippen molar-refractivity contribution in [2.45, 2.75) is 26.4 Å². The number of hydrogen-bond donors (Lipinski definition) is 1. The summed E-state index contributed by atoms with van der Waals surface area (Å²) in [4.78, 5) is 11.5. The van der Waals surface area contributed by atoms with Gasteiger partial charge < -0.3 is 10.3 Å². The van der Waals surface area contributed by atoms with E-state index in [1.807, 2.05) is 6.92 Å². The summed E-state index contributed by atoms with van der Waals surface area (Å²) in [5, 5.41) is 4.92. The summed E-state index contributed by atoms with van der Waals surface area (Å²) in [6, 6.07) is 3.08. The molecule has 0 saturated heterocycles. The summed E-state index contributed by atoms with van der Waals surface area (Å²) in [7, 11) is 0. The average molecular weight is 267 g/mol. The lowest BCUT2D eigenvalue weighted by Gasteiger charge is -2.06. The molecule has 5 nitrogen and oxygen atoms in total. The molecule has 0 spiro atoms. The van der Waals surface area contributed by atoms with Gasteiger partial charge in [0.25, 0.3) is 5.56 Å². The van der Waals surface area contributed by atoms with Gasteiger partial charge in [-0.3, -0.25) is 9.48 Å². The second-order valence-electron chi connectivity index (χ2n) is 4.17. The third-order valence-electron chi connectivity index (χ3n) is 2.68. The first-order valence-electron chi connectivity index (χ1n) is 5.72. The number of rotatable bonds is 4. The molecular weight excluding hydrogens is 252 g/mol. The van der Waals surface area contributed by atoms with Crippen LogP contribution in [0.2, 0.25) is 5.02 Å². The zero-order chi connectivity index (χ0) is 13.1. The molecule has 6 heteroatoms. The predicted molar refractivity (Wildman–Crippen MR) is 71.7 cm³/mol. The van der Waals surface area contributed by atoms with E-state index in [9.17, 15) is 4.79 Å². The molecular formula is C12H15ClN4O. The topological polar surface area (TPSA) is 65.8 Å². The highest BCUT2D eigenvalue weighted by molar-refractivity contribution is 6.31. The first-order valence-corrected chi connectivity index (χ1v) is 6.09. The van der Waals surface area contributed by atoms with Crippen LogP contribution in [-0.2, 0) is 13.1 Å². The van der Waals surface area contributed by atoms with Gasteiger partial charge in [-0.2, -0.15) is 5.10 Å². The van der Waals surface area contributed by atoms with Crippen molar-refractivity contribution >= 4 is 17.3 Å². The van der Waals surface area contributed by atoms with Crippen molar-refractivity contribution in [1.29, 1.82) is 0 Å². The van der Waals surface area contributed by atoms with Gasteiger partial charge in [0.1, 0.15) is 0 Å². The maximum atomic E-state index is 11.5. The van der Waals surface area contributed by atoms with Crippen molar-refractivity contribution in [3.05, 3.63) is 45.6 Å². The molecule has 2 heterocycles. The van der Waals surface area contributed by atoms with Gasteiger partial charge in [-0.1, -0.05) is 11.6 Å². The minimum Gasteiger partial charge on any atom is -0.398 e. The van der Waals surface area contributed by atoms with E-state index in [1.165, 1.54) is 6.07 Å². The molecule has 2 aromatic heterocycles. The van der Waals surface area contributed by atoms with E-state index in [4.69, 9.17) is 17.3 Å². The van der Waals surface area contributed by atoms with Gasteiger partial charge in [0.05, 0.1) is 10.7 Å². The summed E-state index contributed by atoms with van der Waals surface area (Å²) in [5.74, 6) is 0. The summed E-state index contributed by atoms with van der Waals surface area (Å²) in [5.41, 5.74) is 7.00. The van der Waals surface area contributed by atoms with Crippen LogP contribution in [0.1, 0.15) is 12.1 Å². The second kappa shape index (κ2) is 5.27. The largest absolute Gasteiger partial charge is 0.398 e.